The lowest BCUT2D eigenvalue weighted by Gasteiger charge is -2.12. The van der Waals surface area contributed by atoms with Crippen molar-refractivity contribution in [2.75, 3.05) is 11.1 Å². The van der Waals surface area contributed by atoms with Crippen LogP contribution in [0.4, 0.5) is 11.5 Å². The number of nitrogens with two attached hydrogens (primary N) is 1. The molecule has 0 saturated heterocycles. The largest absolute Gasteiger partial charge is 0.397 e. The molecule has 2 aromatic carbocycles. The molecule has 0 unspecified atom stereocenters. The monoisotopic (exact) mass is 385 g/mol. The van der Waals surface area contributed by atoms with Crippen LogP contribution in [-0.4, -0.2) is 16.7 Å². The minimum Gasteiger partial charge on any atom is -0.397 e. The van der Waals surface area contributed by atoms with Gasteiger partial charge in [-0.15, -0.1) is 0 Å². The van der Waals surface area contributed by atoms with Gasteiger partial charge in [-0.1, -0.05) is 53.5 Å². The van der Waals surface area contributed by atoms with Gasteiger partial charge in [0.25, 0.3) is 5.91 Å². The van der Waals surface area contributed by atoms with Gasteiger partial charge in [-0.05, 0) is 24.3 Å². The molecular formula is C19H13Cl2N3O2. The molecule has 3 aromatic rings. The van der Waals surface area contributed by atoms with Crippen LogP contribution in [0.2, 0.25) is 10.0 Å². The van der Waals surface area contributed by atoms with Gasteiger partial charge in [-0.3, -0.25) is 9.59 Å². The van der Waals surface area contributed by atoms with Crippen LogP contribution in [-0.2, 0) is 0 Å². The normalized spacial score (nSPS) is 10.4. The van der Waals surface area contributed by atoms with E-state index in [9.17, 15) is 9.59 Å². The molecule has 130 valence electrons. The van der Waals surface area contributed by atoms with E-state index in [1.165, 1.54) is 18.3 Å². The molecule has 3 rings (SSSR count). The topological polar surface area (TPSA) is 85.1 Å². The number of anilines is 2. The fourth-order valence-corrected chi connectivity index (χ4v) is 2.70. The number of amides is 1. The quantitative estimate of drug-likeness (QED) is 0.512. The highest BCUT2D eigenvalue weighted by Crippen LogP contribution is 2.26. The van der Waals surface area contributed by atoms with Gasteiger partial charge in [0.2, 0.25) is 0 Å². The summed E-state index contributed by atoms with van der Waals surface area (Å²) in [5.41, 5.74) is 6.85. The number of nitrogen functional groups attached to an aromatic ring is 1. The Hall–Kier alpha value is -2.89. The van der Waals surface area contributed by atoms with Gasteiger partial charge in [-0.25, -0.2) is 4.98 Å². The lowest BCUT2D eigenvalue weighted by atomic mass is 9.98. The molecule has 0 radical (unpaired) electrons. The Morgan fingerprint density at radius 2 is 1.62 bits per heavy atom. The summed E-state index contributed by atoms with van der Waals surface area (Å²) in [6.45, 7) is 0. The lowest BCUT2D eigenvalue weighted by molar-refractivity contribution is 0.102. The van der Waals surface area contributed by atoms with Crippen molar-refractivity contribution in [3.05, 3.63) is 87.5 Å². The van der Waals surface area contributed by atoms with Gasteiger partial charge in [-0.2, -0.15) is 0 Å². The highest BCUT2D eigenvalue weighted by Gasteiger charge is 2.20. The standard InChI is InChI=1S/C19H13Cl2N3O2/c20-12-6-7-16(23-10-12)24-19(26)15-9-13(21)8-14(17(15)22)18(25)11-4-2-1-3-5-11/h1-10H,22H2,(H,23,24,26). The van der Waals surface area contributed by atoms with Crippen molar-refractivity contribution in [3.63, 3.8) is 0 Å². The first-order valence-corrected chi connectivity index (χ1v) is 8.33. The SMILES string of the molecule is Nc1c(C(=O)Nc2ccc(Cl)cn2)cc(Cl)cc1C(=O)c1ccccc1. The molecule has 7 heteroatoms. The molecule has 26 heavy (non-hydrogen) atoms. The van der Waals surface area contributed by atoms with E-state index in [0.717, 1.165) is 0 Å². The third-order valence-electron chi connectivity index (χ3n) is 3.64. The Morgan fingerprint density at radius 3 is 2.27 bits per heavy atom. The number of nitrogens with zero attached hydrogens (tertiary/aromatic N) is 1. The maximum atomic E-state index is 12.7. The predicted octanol–water partition coefficient (Wildman–Crippen LogP) is 4.45. The first-order chi connectivity index (χ1) is 12.5. The second kappa shape index (κ2) is 7.56. The summed E-state index contributed by atoms with van der Waals surface area (Å²) in [4.78, 5) is 29.2. The number of carbonyl (C=O) groups is 2. The van der Waals surface area contributed by atoms with E-state index < -0.39 is 5.91 Å². The minimum atomic E-state index is -0.526. The molecule has 1 aromatic heterocycles. The van der Waals surface area contributed by atoms with Gasteiger partial charge in [0.1, 0.15) is 5.82 Å². The average molecular weight is 386 g/mol. The first kappa shape index (κ1) is 17.9. The second-order valence-electron chi connectivity index (χ2n) is 5.43. The summed E-state index contributed by atoms with van der Waals surface area (Å²) in [6.07, 6.45) is 1.41. The maximum Gasteiger partial charge on any atom is 0.258 e. The summed E-state index contributed by atoms with van der Waals surface area (Å²) in [5.74, 6) is -0.541. The zero-order valence-electron chi connectivity index (χ0n) is 13.4. The number of hydrogen-bond acceptors (Lipinski definition) is 4. The molecule has 0 fully saturated rings. The van der Waals surface area contributed by atoms with Crippen LogP contribution in [0.15, 0.2) is 60.8 Å². The van der Waals surface area contributed by atoms with Gasteiger partial charge in [0.15, 0.2) is 5.78 Å². The number of pyridine rings is 1. The van der Waals surface area contributed by atoms with Crippen molar-refractivity contribution in [2.24, 2.45) is 0 Å². The summed E-state index contributed by atoms with van der Waals surface area (Å²) >= 11 is 11.9. The number of nitrogens with one attached hydrogen (secondary N) is 1. The number of carbonyl (C=O) groups excluding carboxylic acids is 2. The van der Waals surface area contributed by atoms with E-state index in [4.69, 9.17) is 28.9 Å². The van der Waals surface area contributed by atoms with E-state index in [1.807, 2.05) is 0 Å². The molecule has 0 saturated carbocycles. The number of hydrogen-bond donors (Lipinski definition) is 2. The zero-order chi connectivity index (χ0) is 18.7. The number of benzene rings is 2. The molecule has 1 amide bonds. The predicted molar refractivity (Wildman–Crippen MR) is 103 cm³/mol. The molecule has 0 aliphatic rings. The van der Waals surface area contributed by atoms with Crippen LogP contribution in [0.25, 0.3) is 0 Å². The third kappa shape index (κ3) is 3.85. The number of rotatable bonds is 4. The Bertz CT molecular complexity index is 974. The van der Waals surface area contributed by atoms with Crippen LogP contribution in [0.5, 0.6) is 0 Å². The van der Waals surface area contributed by atoms with E-state index in [2.05, 4.69) is 10.3 Å². The number of ketones is 1. The molecule has 1 heterocycles. The van der Waals surface area contributed by atoms with E-state index >= 15 is 0 Å². The Balaban J connectivity index is 1.95. The summed E-state index contributed by atoms with van der Waals surface area (Å²) in [5, 5.41) is 3.28. The molecule has 0 bridgehead atoms. The average Bonchev–Trinajstić information content (AvgIpc) is 2.65. The van der Waals surface area contributed by atoms with Gasteiger partial charge < -0.3 is 11.1 Å². The van der Waals surface area contributed by atoms with Gasteiger partial charge in [0, 0.05) is 22.3 Å². The lowest BCUT2D eigenvalue weighted by Crippen LogP contribution is -2.17. The molecular weight excluding hydrogens is 373 g/mol. The van der Waals surface area contributed by atoms with Crippen LogP contribution in [0.3, 0.4) is 0 Å². The van der Waals surface area contributed by atoms with Crippen molar-refractivity contribution in [3.8, 4) is 0 Å². The summed E-state index contributed by atoms with van der Waals surface area (Å²) in [6, 6.07) is 14.6. The molecule has 0 aliphatic carbocycles. The Morgan fingerprint density at radius 1 is 0.923 bits per heavy atom. The number of aromatic nitrogens is 1. The van der Waals surface area contributed by atoms with Crippen LogP contribution >= 0.6 is 23.2 Å². The molecule has 0 aliphatic heterocycles. The maximum absolute atomic E-state index is 12.7. The van der Waals surface area contributed by atoms with Gasteiger partial charge >= 0.3 is 0 Å². The smallest absolute Gasteiger partial charge is 0.258 e. The second-order valence-corrected chi connectivity index (χ2v) is 6.30. The van der Waals surface area contributed by atoms with Crippen molar-refractivity contribution >= 4 is 46.4 Å². The van der Waals surface area contributed by atoms with Gasteiger partial charge in [0.05, 0.1) is 16.3 Å². The minimum absolute atomic E-state index is 0.0507. The Labute approximate surface area is 159 Å². The van der Waals surface area contributed by atoms with Crippen LogP contribution in [0.1, 0.15) is 26.3 Å². The highest BCUT2D eigenvalue weighted by molar-refractivity contribution is 6.32. The summed E-state index contributed by atoms with van der Waals surface area (Å²) < 4.78 is 0. The van der Waals surface area contributed by atoms with Crippen LogP contribution < -0.4 is 11.1 Å². The number of halogens is 2. The molecule has 5 nitrogen and oxygen atoms in total. The van der Waals surface area contributed by atoms with Crippen molar-refractivity contribution < 1.29 is 9.59 Å². The van der Waals surface area contributed by atoms with Crippen LogP contribution in [0, 0.1) is 0 Å². The molecule has 0 atom stereocenters. The first-order valence-electron chi connectivity index (χ1n) is 7.57. The fourth-order valence-electron chi connectivity index (χ4n) is 2.37. The van der Waals surface area contributed by atoms with E-state index in [0.29, 0.717) is 16.4 Å². The Kier molecular flexibility index (Phi) is 5.21. The summed E-state index contributed by atoms with van der Waals surface area (Å²) in [7, 11) is 0. The third-order valence-corrected chi connectivity index (χ3v) is 4.08. The van der Waals surface area contributed by atoms with E-state index in [-0.39, 0.29) is 27.6 Å². The van der Waals surface area contributed by atoms with Crippen molar-refractivity contribution in [1.82, 2.24) is 4.98 Å². The fraction of sp³-hybridized carbons (Fsp3) is 0. The highest BCUT2D eigenvalue weighted by atomic mass is 35.5. The van der Waals surface area contributed by atoms with E-state index in [1.54, 1.807) is 42.5 Å². The molecule has 0 spiro atoms. The zero-order valence-corrected chi connectivity index (χ0v) is 14.9. The van der Waals surface area contributed by atoms with Crippen molar-refractivity contribution in [2.45, 2.75) is 0 Å². The molecule has 3 N–H and O–H groups in total. The van der Waals surface area contributed by atoms with Crippen molar-refractivity contribution in [1.29, 1.82) is 0 Å².